The van der Waals surface area contributed by atoms with Crippen LogP contribution in [0.5, 0.6) is 0 Å². The molecule has 1 aliphatic heterocycles. The molecule has 0 aromatic heterocycles. The second kappa shape index (κ2) is 9.20. The molecule has 0 saturated carbocycles. The highest BCUT2D eigenvalue weighted by atomic mass is 16.2. The highest BCUT2D eigenvalue weighted by Gasteiger charge is 2.23. The van der Waals surface area contributed by atoms with E-state index in [0.717, 1.165) is 25.7 Å². The summed E-state index contributed by atoms with van der Waals surface area (Å²) in [7, 11) is 0. The molecule has 1 aromatic rings. The standard InChI is InChI=1S/C19H27N3O3/c1-3-4-5-18(24)22-12-10-17(11-13-22)21-19(25)15-6-8-16(9-7-15)20-14(2)23/h6-9,17H,3-5,10-13H2,1-2H3,(H,20,23)(H,21,25). The molecule has 3 amide bonds. The third-order valence-electron chi connectivity index (χ3n) is 4.39. The molecule has 6 nitrogen and oxygen atoms in total. The Balaban J connectivity index is 1.80. The summed E-state index contributed by atoms with van der Waals surface area (Å²) < 4.78 is 0. The number of likely N-dealkylation sites (tertiary alicyclic amines) is 1. The predicted octanol–water partition coefficient (Wildman–Crippen LogP) is 2.56. The van der Waals surface area contributed by atoms with Gasteiger partial charge >= 0.3 is 0 Å². The summed E-state index contributed by atoms with van der Waals surface area (Å²) in [6.45, 7) is 4.93. The van der Waals surface area contributed by atoms with E-state index in [4.69, 9.17) is 0 Å². The Morgan fingerprint density at radius 2 is 1.76 bits per heavy atom. The molecule has 1 saturated heterocycles. The summed E-state index contributed by atoms with van der Waals surface area (Å²) in [4.78, 5) is 37.3. The van der Waals surface area contributed by atoms with Crippen molar-refractivity contribution in [2.75, 3.05) is 18.4 Å². The summed E-state index contributed by atoms with van der Waals surface area (Å²) in [6, 6.07) is 6.92. The molecule has 0 bridgehead atoms. The molecule has 136 valence electrons. The van der Waals surface area contributed by atoms with Crippen LogP contribution in [-0.2, 0) is 9.59 Å². The Morgan fingerprint density at radius 1 is 1.12 bits per heavy atom. The molecule has 0 aliphatic carbocycles. The van der Waals surface area contributed by atoms with Crippen LogP contribution < -0.4 is 10.6 Å². The van der Waals surface area contributed by atoms with Crippen LogP contribution in [0, 0.1) is 0 Å². The van der Waals surface area contributed by atoms with E-state index in [1.54, 1.807) is 24.3 Å². The minimum absolute atomic E-state index is 0.0951. The molecular formula is C19H27N3O3. The minimum atomic E-state index is -0.141. The molecule has 0 atom stereocenters. The average molecular weight is 345 g/mol. The van der Waals surface area contributed by atoms with E-state index in [1.807, 2.05) is 4.90 Å². The Kier molecular flexibility index (Phi) is 6.98. The second-order valence-electron chi connectivity index (χ2n) is 6.49. The summed E-state index contributed by atoms with van der Waals surface area (Å²) in [5.41, 5.74) is 1.23. The molecule has 25 heavy (non-hydrogen) atoms. The monoisotopic (exact) mass is 345 g/mol. The Labute approximate surface area is 149 Å². The molecule has 2 rings (SSSR count). The van der Waals surface area contributed by atoms with Crippen molar-refractivity contribution in [2.45, 2.75) is 52.0 Å². The Hall–Kier alpha value is -2.37. The highest BCUT2D eigenvalue weighted by Crippen LogP contribution is 2.14. The Morgan fingerprint density at radius 3 is 2.32 bits per heavy atom. The number of hydrogen-bond acceptors (Lipinski definition) is 3. The SMILES string of the molecule is CCCCC(=O)N1CCC(NC(=O)c2ccc(NC(C)=O)cc2)CC1. The fourth-order valence-corrected chi connectivity index (χ4v) is 2.94. The average Bonchev–Trinajstić information content (AvgIpc) is 2.60. The predicted molar refractivity (Wildman–Crippen MR) is 97.3 cm³/mol. The first kappa shape index (κ1) is 19.0. The number of hydrogen-bond donors (Lipinski definition) is 2. The zero-order valence-corrected chi connectivity index (χ0v) is 15.0. The molecule has 0 spiro atoms. The molecule has 1 heterocycles. The fourth-order valence-electron chi connectivity index (χ4n) is 2.94. The van der Waals surface area contributed by atoms with Crippen LogP contribution in [0.15, 0.2) is 24.3 Å². The minimum Gasteiger partial charge on any atom is -0.349 e. The zero-order valence-electron chi connectivity index (χ0n) is 15.0. The van der Waals surface area contributed by atoms with Crippen LogP contribution in [0.4, 0.5) is 5.69 Å². The molecule has 2 N–H and O–H groups in total. The number of piperidine rings is 1. The van der Waals surface area contributed by atoms with Crippen LogP contribution in [0.25, 0.3) is 0 Å². The largest absolute Gasteiger partial charge is 0.349 e. The van der Waals surface area contributed by atoms with E-state index >= 15 is 0 Å². The van der Waals surface area contributed by atoms with Crippen molar-refractivity contribution in [3.8, 4) is 0 Å². The van der Waals surface area contributed by atoms with E-state index in [9.17, 15) is 14.4 Å². The lowest BCUT2D eigenvalue weighted by molar-refractivity contribution is -0.132. The topological polar surface area (TPSA) is 78.5 Å². The zero-order chi connectivity index (χ0) is 18.2. The number of carbonyl (C=O) groups is 3. The quantitative estimate of drug-likeness (QED) is 0.832. The van der Waals surface area contributed by atoms with Crippen molar-refractivity contribution >= 4 is 23.4 Å². The third-order valence-corrected chi connectivity index (χ3v) is 4.39. The van der Waals surface area contributed by atoms with Crippen molar-refractivity contribution in [3.63, 3.8) is 0 Å². The van der Waals surface area contributed by atoms with Crippen molar-refractivity contribution in [1.82, 2.24) is 10.2 Å². The maximum absolute atomic E-state index is 12.3. The molecule has 1 aromatic carbocycles. The van der Waals surface area contributed by atoms with Crippen molar-refractivity contribution in [3.05, 3.63) is 29.8 Å². The first-order valence-corrected chi connectivity index (χ1v) is 8.96. The lowest BCUT2D eigenvalue weighted by Crippen LogP contribution is -2.46. The van der Waals surface area contributed by atoms with Gasteiger partial charge in [-0.2, -0.15) is 0 Å². The fraction of sp³-hybridized carbons (Fsp3) is 0.526. The van der Waals surface area contributed by atoms with E-state index in [2.05, 4.69) is 17.6 Å². The lowest BCUT2D eigenvalue weighted by Gasteiger charge is -2.32. The number of amides is 3. The van der Waals surface area contributed by atoms with Gasteiger partial charge in [-0.1, -0.05) is 13.3 Å². The summed E-state index contributed by atoms with van der Waals surface area (Å²) in [5, 5.41) is 5.71. The van der Waals surface area contributed by atoms with Gasteiger partial charge in [0.2, 0.25) is 11.8 Å². The molecule has 1 fully saturated rings. The van der Waals surface area contributed by atoms with Gasteiger partial charge in [0.05, 0.1) is 0 Å². The summed E-state index contributed by atoms with van der Waals surface area (Å²) in [6.07, 6.45) is 4.15. The number of nitrogens with one attached hydrogen (secondary N) is 2. The van der Waals surface area contributed by atoms with Gasteiger partial charge in [0, 0.05) is 43.7 Å². The number of anilines is 1. The second-order valence-corrected chi connectivity index (χ2v) is 6.49. The lowest BCUT2D eigenvalue weighted by atomic mass is 10.0. The van der Waals surface area contributed by atoms with Gasteiger partial charge in [-0.05, 0) is 43.5 Å². The number of benzene rings is 1. The molecule has 0 unspecified atom stereocenters. The molecule has 0 radical (unpaired) electrons. The van der Waals surface area contributed by atoms with Crippen LogP contribution in [0.1, 0.15) is 56.3 Å². The number of nitrogens with zero attached hydrogens (tertiary/aromatic N) is 1. The van der Waals surface area contributed by atoms with Crippen LogP contribution >= 0.6 is 0 Å². The van der Waals surface area contributed by atoms with Gasteiger partial charge in [0.1, 0.15) is 0 Å². The van der Waals surface area contributed by atoms with E-state index in [-0.39, 0.29) is 23.8 Å². The normalized spacial score (nSPS) is 14.9. The maximum atomic E-state index is 12.3. The summed E-state index contributed by atoms with van der Waals surface area (Å²) >= 11 is 0. The van der Waals surface area contributed by atoms with E-state index in [1.165, 1.54) is 6.92 Å². The van der Waals surface area contributed by atoms with Gasteiger partial charge in [0.25, 0.3) is 5.91 Å². The number of unbranched alkanes of at least 4 members (excludes halogenated alkanes) is 1. The molecule has 1 aliphatic rings. The van der Waals surface area contributed by atoms with Crippen LogP contribution in [-0.4, -0.2) is 41.8 Å². The van der Waals surface area contributed by atoms with Gasteiger partial charge in [0.15, 0.2) is 0 Å². The maximum Gasteiger partial charge on any atom is 0.251 e. The van der Waals surface area contributed by atoms with E-state index in [0.29, 0.717) is 30.8 Å². The van der Waals surface area contributed by atoms with Crippen molar-refractivity contribution in [2.24, 2.45) is 0 Å². The van der Waals surface area contributed by atoms with E-state index < -0.39 is 0 Å². The number of rotatable bonds is 6. The Bertz CT molecular complexity index is 605. The third kappa shape index (κ3) is 5.89. The number of carbonyl (C=O) groups excluding carboxylic acids is 3. The van der Waals surface area contributed by atoms with Gasteiger partial charge in [-0.15, -0.1) is 0 Å². The van der Waals surface area contributed by atoms with Crippen LogP contribution in [0.3, 0.4) is 0 Å². The first-order valence-electron chi connectivity index (χ1n) is 8.96. The summed E-state index contributed by atoms with van der Waals surface area (Å²) in [5.74, 6) is -0.0391. The first-order chi connectivity index (χ1) is 12.0. The highest BCUT2D eigenvalue weighted by molar-refractivity contribution is 5.95. The molecule has 6 heteroatoms. The van der Waals surface area contributed by atoms with Gasteiger partial charge in [-0.3, -0.25) is 14.4 Å². The van der Waals surface area contributed by atoms with Crippen molar-refractivity contribution in [1.29, 1.82) is 0 Å². The smallest absolute Gasteiger partial charge is 0.251 e. The van der Waals surface area contributed by atoms with Crippen LogP contribution in [0.2, 0.25) is 0 Å². The van der Waals surface area contributed by atoms with Gasteiger partial charge in [-0.25, -0.2) is 0 Å². The van der Waals surface area contributed by atoms with Gasteiger partial charge < -0.3 is 15.5 Å². The molecular weight excluding hydrogens is 318 g/mol. The van der Waals surface area contributed by atoms with Crippen molar-refractivity contribution < 1.29 is 14.4 Å².